The number of carbonyl (C=O) groups is 1. The second-order valence-electron chi connectivity index (χ2n) is 7.59. The Morgan fingerprint density at radius 3 is 2.63 bits per heavy atom. The number of H-pyrrole nitrogens is 1. The number of benzene rings is 1. The molecule has 3 heterocycles. The van der Waals surface area contributed by atoms with Crippen LogP contribution >= 0.6 is 0 Å². The van der Waals surface area contributed by atoms with Crippen molar-refractivity contribution in [2.24, 2.45) is 5.92 Å². The number of aryl methyl sites for hydroxylation is 1. The number of anilines is 1. The number of aromatic nitrogens is 3. The van der Waals surface area contributed by atoms with E-state index in [9.17, 15) is 4.79 Å². The summed E-state index contributed by atoms with van der Waals surface area (Å²) in [6, 6.07) is 10.5. The zero-order valence-corrected chi connectivity index (χ0v) is 16.0. The number of rotatable bonds is 4. The largest absolute Gasteiger partial charge is 0.339 e. The molecule has 2 saturated heterocycles. The quantitative estimate of drug-likeness (QED) is 0.889. The number of likely N-dealkylation sites (tertiary alicyclic amines) is 1. The van der Waals surface area contributed by atoms with Crippen molar-refractivity contribution in [3.05, 3.63) is 41.7 Å². The Morgan fingerprint density at radius 2 is 1.93 bits per heavy atom. The Balaban J connectivity index is 1.30. The fraction of sp³-hybridized carbons (Fsp3) is 0.550. The van der Waals surface area contributed by atoms with Gasteiger partial charge in [-0.3, -0.25) is 14.8 Å². The summed E-state index contributed by atoms with van der Waals surface area (Å²) in [5, 5.41) is 7.12. The predicted octanol–water partition coefficient (Wildman–Crippen LogP) is 1.67. The van der Waals surface area contributed by atoms with Gasteiger partial charge in [-0.05, 0) is 31.9 Å². The van der Waals surface area contributed by atoms with Gasteiger partial charge in [0.2, 0.25) is 11.9 Å². The molecule has 1 aromatic carbocycles. The third-order valence-corrected chi connectivity index (χ3v) is 5.56. The van der Waals surface area contributed by atoms with Gasteiger partial charge in [-0.1, -0.05) is 30.3 Å². The number of piperidine rings is 1. The summed E-state index contributed by atoms with van der Waals surface area (Å²) in [4.78, 5) is 24.0. The first-order chi connectivity index (χ1) is 13.2. The number of amides is 1. The molecule has 0 radical (unpaired) electrons. The summed E-state index contributed by atoms with van der Waals surface area (Å²) in [6.07, 6.45) is 2.10. The van der Waals surface area contributed by atoms with Crippen LogP contribution < -0.4 is 4.90 Å². The summed E-state index contributed by atoms with van der Waals surface area (Å²) < 4.78 is 0. The molecular formula is C20H28N6O. The van der Waals surface area contributed by atoms with E-state index in [1.165, 1.54) is 5.56 Å². The van der Waals surface area contributed by atoms with E-state index in [1.807, 2.05) is 17.9 Å². The maximum absolute atomic E-state index is 13.0. The molecule has 1 aromatic heterocycles. The summed E-state index contributed by atoms with van der Waals surface area (Å²) >= 11 is 0. The first-order valence-corrected chi connectivity index (χ1v) is 9.88. The molecule has 0 bridgehead atoms. The van der Waals surface area contributed by atoms with Crippen molar-refractivity contribution in [1.82, 2.24) is 25.0 Å². The molecule has 2 aromatic rings. The number of nitrogens with zero attached hydrogens (tertiary/aromatic N) is 5. The van der Waals surface area contributed by atoms with E-state index in [0.29, 0.717) is 5.91 Å². The van der Waals surface area contributed by atoms with Crippen molar-refractivity contribution in [3.8, 4) is 0 Å². The van der Waals surface area contributed by atoms with Crippen molar-refractivity contribution in [3.63, 3.8) is 0 Å². The van der Waals surface area contributed by atoms with Crippen LogP contribution in [0.3, 0.4) is 0 Å². The third-order valence-electron chi connectivity index (χ3n) is 5.56. The lowest BCUT2D eigenvalue weighted by molar-refractivity contribution is -0.137. The molecule has 27 heavy (non-hydrogen) atoms. The van der Waals surface area contributed by atoms with Crippen LogP contribution in [-0.2, 0) is 11.3 Å². The molecule has 0 spiro atoms. The third kappa shape index (κ3) is 4.30. The minimum Gasteiger partial charge on any atom is -0.339 e. The van der Waals surface area contributed by atoms with E-state index in [-0.39, 0.29) is 5.92 Å². The lowest BCUT2D eigenvalue weighted by Crippen LogP contribution is -2.52. The number of piperazine rings is 1. The standard InChI is InChI=1S/C20H28N6O/c1-16-21-20(23-22-16)26-12-10-25(11-13-26)19(27)18-8-5-9-24(15-18)14-17-6-3-2-4-7-17/h2-4,6-7,18H,5,8-15H2,1H3,(H,21,22,23). The minimum atomic E-state index is 0.125. The van der Waals surface area contributed by atoms with Crippen molar-refractivity contribution in [2.45, 2.75) is 26.3 Å². The van der Waals surface area contributed by atoms with Crippen LogP contribution in [0.2, 0.25) is 0 Å². The Labute approximate surface area is 160 Å². The van der Waals surface area contributed by atoms with Crippen molar-refractivity contribution in [1.29, 1.82) is 0 Å². The van der Waals surface area contributed by atoms with Gasteiger partial charge in [0.15, 0.2) is 0 Å². The fourth-order valence-corrected chi connectivity index (χ4v) is 4.10. The molecule has 4 rings (SSSR count). The van der Waals surface area contributed by atoms with Gasteiger partial charge in [0.25, 0.3) is 0 Å². The van der Waals surface area contributed by atoms with E-state index < -0.39 is 0 Å². The number of nitrogens with one attached hydrogen (secondary N) is 1. The molecule has 1 N–H and O–H groups in total. The molecule has 0 aliphatic carbocycles. The average Bonchev–Trinajstić information content (AvgIpc) is 3.15. The fourth-order valence-electron chi connectivity index (χ4n) is 4.10. The maximum Gasteiger partial charge on any atom is 0.244 e. The van der Waals surface area contributed by atoms with E-state index >= 15 is 0 Å². The number of carbonyl (C=O) groups excluding carboxylic acids is 1. The van der Waals surface area contributed by atoms with Gasteiger partial charge in [-0.25, -0.2) is 0 Å². The molecule has 2 fully saturated rings. The van der Waals surface area contributed by atoms with Gasteiger partial charge in [0.05, 0.1) is 5.92 Å². The van der Waals surface area contributed by atoms with E-state index in [0.717, 1.165) is 70.4 Å². The van der Waals surface area contributed by atoms with Gasteiger partial charge >= 0.3 is 0 Å². The lowest BCUT2D eigenvalue weighted by Gasteiger charge is -2.38. The number of hydrogen-bond donors (Lipinski definition) is 1. The van der Waals surface area contributed by atoms with Gasteiger partial charge in [0, 0.05) is 39.3 Å². The summed E-state index contributed by atoms with van der Waals surface area (Å²) in [6.45, 7) is 7.88. The Kier molecular flexibility index (Phi) is 5.38. The molecular weight excluding hydrogens is 340 g/mol. The van der Waals surface area contributed by atoms with E-state index in [4.69, 9.17) is 0 Å². The zero-order valence-electron chi connectivity index (χ0n) is 16.0. The SMILES string of the molecule is Cc1nc(N2CCN(C(=O)C3CCCN(Cc4ccccc4)C3)CC2)n[nH]1. The Morgan fingerprint density at radius 1 is 1.15 bits per heavy atom. The predicted molar refractivity (Wildman–Crippen MR) is 104 cm³/mol. The molecule has 1 atom stereocenters. The highest BCUT2D eigenvalue weighted by Crippen LogP contribution is 2.22. The molecule has 7 nitrogen and oxygen atoms in total. The lowest BCUT2D eigenvalue weighted by atomic mass is 9.95. The first-order valence-electron chi connectivity index (χ1n) is 9.88. The highest BCUT2D eigenvalue weighted by molar-refractivity contribution is 5.79. The van der Waals surface area contributed by atoms with Crippen LogP contribution in [0.15, 0.2) is 30.3 Å². The van der Waals surface area contributed by atoms with Crippen molar-refractivity contribution in [2.75, 3.05) is 44.2 Å². The first kappa shape index (κ1) is 18.0. The highest BCUT2D eigenvalue weighted by Gasteiger charge is 2.31. The van der Waals surface area contributed by atoms with E-state index in [2.05, 4.69) is 49.2 Å². The summed E-state index contributed by atoms with van der Waals surface area (Å²) in [5.41, 5.74) is 1.32. The number of hydrogen-bond acceptors (Lipinski definition) is 5. The summed E-state index contributed by atoms with van der Waals surface area (Å²) in [7, 11) is 0. The monoisotopic (exact) mass is 368 g/mol. The van der Waals surface area contributed by atoms with E-state index in [1.54, 1.807) is 0 Å². The topological polar surface area (TPSA) is 68.4 Å². The second kappa shape index (κ2) is 8.08. The average molecular weight is 368 g/mol. The smallest absolute Gasteiger partial charge is 0.244 e. The minimum absolute atomic E-state index is 0.125. The summed E-state index contributed by atoms with van der Waals surface area (Å²) in [5.74, 6) is 2.01. The maximum atomic E-state index is 13.0. The Hall–Kier alpha value is -2.41. The molecule has 2 aliphatic heterocycles. The second-order valence-corrected chi connectivity index (χ2v) is 7.59. The van der Waals surface area contributed by atoms with Crippen LogP contribution in [0.25, 0.3) is 0 Å². The van der Waals surface area contributed by atoms with Gasteiger partial charge in [-0.15, -0.1) is 5.10 Å². The van der Waals surface area contributed by atoms with Gasteiger partial charge < -0.3 is 9.80 Å². The normalized spacial score (nSPS) is 21.4. The van der Waals surface area contributed by atoms with Gasteiger partial charge in [0.1, 0.15) is 5.82 Å². The Bertz CT molecular complexity index is 753. The molecule has 144 valence electrons. The van der Waals surface area contributed by atoms with Crippen molar-refractivity contribution < 1.29 is 4.79 Å². The molecule has 1 unspecified atom stereocenters. The van der Waals surface area contributed by atoms with Crippen LogP contribution in [-0.4, -0.2) is 70.2 Å². The van der Waals surface area contributed by atoms with Crippen LogP contribution in [0.1, 0.15) is 24.2 Å². The van der Waals surface area contributed by atoms with Crippen molar-refractivity contribution >= 4 is 11.9 Å². The molecule has 0 saturated carbocycles. The van der Waals surface area contributed by atoms with Crippen LogP contribution in [0.5, 0.6) is 0 Å². The van der Waals surface area contributed by atoms with Crippen LogP contribution in [0.4, 0.5) is 5.95 Å². The zero-order chi connectivity index (χ0) is 18.6. The molecule has 1 amide bonds. The number of aromatic amines is 1. The van der Waals surface area contributed by atoms with Gasteiger partial charge in [-0.2, -0.15) is 4.98 Å². The molecule has 7 heteroatoms. The highest BCUT2D eigenvalue weighted by atomic mass is 16.2. The molecule has 2 aliphatic rings. The van der Waals surface area contributed by atoms with Crippen LogP contribution in [0, 0.1) is 12.8 Å².